The first-order valence-corrected chi connectivity index (χ1v) is 5.97. The van der Waals surface area contributed by atoms with E-state index in [9.17, 15) is 23.2 Å². The monoisotopic (exact) mass is 300 g/mol. The van der Waals surface area contributed by atoms with Crippen molar-refractivity contribution in [2.45, 2.75) is 18.9 Å². The number of carbonyl (C=O) groups excluding carboxylic acids is 3. The Morgan fingerprint density at radius 1 is 1.33 bits per heavy atom. The number of nitrogens with one attached hydrogen (secondary N) is 1. The lowest BCUT2D eigenvalue weighted by atomic mass is 10.1. The van der Waals surface area contributed by atoms with Crippen molar-refractivity contribution in [3.8, 4) is 0 Å². The van der Waals surface area contributed by atoms with Gasteiger partial charge in [0.25, 0.3) is 5.91 Å². The van der Waals surface area contributed by atoms with Crippen LogP contribution >= 0.6 is 0 Å². The molecule has 0 fully saturated rings. The highest BCUT2D eigenvalue weighted by Gasteiger charge is 2.22. The molecule has 0 aliphatic heterocycles. The molecule has 0 radical (unpaired) electrons. The van der Waals surface area contributed by atoms with Crippen molar-refractivity contribution in [3.63, 3.8) is 0 Å². The molecule has 114 valence electrons. The minimum absolute atomic E-state index is 0.106. The minimum atomic E-state index is -1.33. The van der Waals surface area contributed by atoms with Gasteiger partial charge in [0.1, 0.15) is 6.04 Å². The highest BCUT2D eigenvalue weighted by Crippen LogP contribution is 2.12. The predicted octanol–water partition coefficient (Wildman–Crippen LogP) is 0.502. The summed E-state index contributed by atoms with van der Waals surface area (Å²) < 4.78 is 30.9. The molecular formula is C13H14F2N2O4. The van der Waals surface area contributed by atoms with Crippen LogP contribution < -0.4 is 11.1 Å². The second-order valence-electron chi connectivity index (χ2n) is 4.14. The molecule has 1 aromatic rings. The zero-order chi connectivity index (χ0) is 16.0. The number of hydrogen-bond acceptors (Lipinski definition) is 4. The van der Waals surface area contributed by atoms with Gasteiger partial charge in [-0.1, -0.05) is 6.07 Å². The Morgan fingerprint density at radius 3 is 2.57 bits per heavy atom. The number of benzene rings is 1. The zero-order valence-electron chi connectivity index (χ0n) is 11.2. The summed E-state index contributed by atoms with van der Waals surface area (Å²) in [6, 6.07) is 1.88. The van der Waals surface area contributed by atoms with E-state index in [1.54, 1.807) is 0 Å². The van der Waals surface area contributed by atoms with Gasteiger partial charge in [-0.2, -0.15) is 0 Å². The summed E-state index contributed by atoms with van der Waals surface area (Å²) in [4.78, 5) is 34.0. The van der Waals surface area contributed by atoms with Gasteiger partial charge < -0.3 is 15.8 Å². The molecule has 3 N–H and O–H groups in total. The summed E-state index contributed by atoms with van der Waals surface area (Å²) in [5.74, 6) is -5.00. The highest BCUT2D eigenvalue weighted by atomic mass is 19.2. The fourth-order valence-electron chi connectivity index (χ4n) is 1.56. The van der Waals surface area contributed by atoms with E-state index in [2.05, 4.69) is 10.1 Å². The Hall–Kier alpha value is -2.51. The predicted molar refractivity (Wildman–Crippen MR) is 68.1 cm³/mol. The van der Waals surface area contributed by atoms with Crippen LogP contribution in [0.3, 0.4) is 0 Å². The van der Waals surface area contributed by atoms with E-state index in [1.165, 1.54) is 7.11 Å². The van der Waals surface area contributed by atoms with E-state index in [-0.39, 0.29) is 12.8 Å². The number of ether oxygens (including phenoxy) is 1. The van der Waals surface area contributed by atoms with E-state index in [4.69, 9.17) is 5.73 Å². The summed E-state index contributed by atoms with van der Waals surface area (Å²) in [6.07, 6.45) is -0.263. The topological polar surface area (TPSA) is 98.5 Å². The van der Waals surface area contributed by atoms with Gasteiger partial charge in [0.15, 0.2) is 11.6 Å². The second kappa shape index (κ2) is 7.32. The smallest absolute Gasteiger partial charge is 0.305 e. The van der Waals surface area contributed by atoms with Gasteiger partial charge >= 0.3 is 5.97 Å². The van der Waals surface area contributed by atoms with Crippen molar-refractivity contribution in [1.82, 2.24) is 5.32 Å². The molecule has 0 heterocycles. The molecule has 6 nitrogen and oxygen atoms in total. The van der Waals surface area contributed by atoms with Crippen LogP contribution in [0, 0.1) is 11.6 Å². The number of methoxy groups -OCH3 is 1. The molecule has 2 amide bonds. The number of amides is 2. The van der Waals surface area contributed by atoms with E-state index in [0.717, 1.165) is 18.2 Å². The molecule has 1 aromatic carbocycles. The van der Waals surface area contributed by atoms with Crippen molar-refractivity contribution >= 4 is 17.8 Å². The number of esters is 1. The highest BCUT2D eigenvalue weighted by molar-refractivity contribution is 5.97. The van der Waals surface area contributed by atoms with Crippen molar-refractivity contribution in [3.05, 3.63) is 35.4 Å². The maximum atomic E-state index is 13.4. The van der Waals surface area contributed by atoms with Gasteiger partial charge in [-0.15, -0.1) is 0 Å². The van der Waals surface area contributed by atoms with Crippen LogP contribution in [0.5, 0.6) is 0 Å². The Labute approximate surface area is 119 Å². The summed E-state index contributed by atoms with van der Waals surface area (Å²) in [6.45, 7) is 0. The van der Waals surface area contributed by atoms with E-state index < -0.39 is 41.0 Å². The molecule has 0 bridgehead atoms. The number of carbonyl (C=O) groups is 3. The molecule has 0 aliphatic rings. The van der Waals surface area contributed by atoms with Crippen LogP contribution in [0.2, 0.25) is 0 Å². The van der Waals surface area contributed by atoms with E-state index in [1.807, 2.05) is 0 Å². The number of rotatable bonds is 6. The molecule has 0 saturated heterocycles. The van der Waals surface area contributed by atoms with Crippen molar-refractivity contribution in [2.24, 2.45) is 5.73 Å². The fraction of sp³-hybridized carbons (Fsp3) is 0.308. The van der Waals surface area contributed by atoms with Crippen LogP contribution in [0.25, 0.3) is 0 Å². The quantitative estimate of drug-likeness (QED) is 0.747. The molecule has 21 heavy (non-hydrogen) atoms. The fourth-order valence-corrected chi connectivity index (χ4v) is 1.56. The van der Waals surface area contributed by atoms with E-state index in [0.29, 0.717) is 0 Å². The molecule has 1 atom stereocenters. The normalized spacial score (nSPS) is 11.6. The van der Waals surface area contributed by atoms with Gasteiger partial charge in [0.2, 0.25) is 5.91 Å². The van der Waals surface area contributed by atoms with Gasteiger partial charge in [-0.3, -0.25) is 14.4 Å². The average molecular weight is 300 g/mol. The Bertz CT molecular complexity index is 563. The first-order valence-electron chi connectivity index (χ1n) is 5.97. The number of nitrogens with two attached hydrogens (primary N) is 1. The largest absolute Gasteiger partial charge is 0.469 e. The minimum Gasteiger partial charge on any atom is -0.469 e. The molecule has 0 spiro atoms. The maximum absolute atomic E-state index is 13.4. The van der Waals surface area contributed by atoms with Gasteiger partial charge in [0, 0.05) is 6.42 Å². The number of hydrogen-bond donors (Lipinski definition) is 2. The third-order valence-electron chi connectivity index (χ3n) is 2.71. The lowest BCUT2D eigenvalue weighted by molar-refractivity contribution is -0.140. The summed E-state index contributed by atoms with van der Waals surface area (Å²) >= 11 is 0. The van der Waals surface area contributed by atoms with Gasteiger partial charge in [0.05, 0.1) is 12.7 Å². The average Bonchev–Trinajstić information content (AvgIpc) is 2.45. The summed E-state index contributed by atoms with van der Waals surface area (Å²) in [7, 11) is 1.17. The number of halogens is 2. The zero-order valence-corrected chi connectivity index (χ0v) is 11.2. The molecular weight excluding hydrogens is 286 g/mol. The van der Waals surface area contributed by atoms with Gasteiger partial charge in [-0.05, 0) is 18.6 Å². The Morgan fingerprint density at radius 2 is 2.00 bits per heavy atom. The Balaban J connectivity index is 2.79. The van der Waals surface area contributed by atoms with Crippen LogP contribution in [-0.4, -0.2) is 30.9 Å². The van der Waals surface area contributed by atoms with Crippen LogP contribution in [0.15, 0.2) is 18.2 Å². The number of primary amides is 1. The summed E-state index contributed by atoms with van der Waals surface area (Å²) in [5.41, 5.74) is 4.53. The Kier molecular flexibility index (Phi) is 5.77. The standard InChI is InChI=1S/C13H14F2N2O4/c1-21-10(18)6-5-9(12(16)19)17-13(20)7-3-2-4-8(14)11(7)15/h2-4,9H,5-6H2,1H3,(H2,16,19)(H,17,20)/t9-/m0/s1. The van der Waals surface area contributed by atoms with Crippen LogP contribution in [0.4, 0.5) is 8.78 Å². The van der Waals surface area contributed by atoms with Crippen molar-refractivity contribution in [1.29, 1.82) is 0 Å². The molecule has 1 rings (SSSR count). The second-order valence-corrected chi connectivity index (χ2v) is 4.14. The van der Waals surface area contributed by atoms with Gasteiger partial charge in [-0.25, -0.2) is 8.78 Å². The van der Waals surface area contributed by atoms with E-state index >= 15 is 0 Å². The molecule has 0 saturated carbocycles. The maximum Gasteiger partial charge on any atom is 0.305 e. The molecule has 8 heteroatoms. The lowest BCUT2D eigenvalue weighted by Gasteiger charge is -2.15. The SMILES string of the molecule is COC(=O)CC[C@H](NC(=O)c1cccc(F)c1F)C(N)=O. The third-order valence-corrected chi connectivity index (χ3v) is 2.71. The summed E-state index contributed by atoms with van der Waals surface area (Å²) in [5, 5.41) is 2.15. The van der Waals surface area contributed by atoms with Crippen LogP contribution in [0.1, 0.15) is 23.2 Å². The molecule has 0 aliphatic carbocycles. The molecule has 0 aromatic heterocycles. The lowest BCUT2D eigenvalue weighted by Crippen LogP contribution is -2.45. The first-order chi connectivity index (χ1) is 9.86. The third kappa shape index (κ3) is 4.51. The van der Waals surface area contributed by atoms with Crippen LogP contribution in [-0.2, 0) is 14.3 Å². The molecule has 0 unspecified atom stereocenters. The van der Waals surface area contributed by atoms with Crippen molar-refractivity contribution < 1.29 is 27.9 Å². The first kappa shape index (κ1) is 16.5. The van der Waals surface area contributed by atoms with Crippen molar-refractivity contribution in [2.75, 3.05) is 7.11 Å².